The van der Waals surface area contributed by atoms with Gasteiger partial charge in [0.05, 0.1) is 5.56 Å². The molecular weight excluding hydrogens is 273 g/mol. The molecule has 0 radical (unpaired) electrons. The van der Waals surface area contributed by atoms with Crippen molar-refractivity contribution in [1.82, 2.24) is 4.98 Å². The second kappa shape index (κ2) is 5.91. The molecule has 1 heterocycles. The first-order chi connectivity index (χ1) is 9.86. The average molecular weight is 289 g/mol. The Hall–Kier alpha value is -2.43. The number of aromatic carboxylic acids is 1. The van der Waals surface area contributed by atoms with Gasteiger partial charge in [-0.2, -0.15) is 0 Å². The summed E-state index contributed by atoms with van der Waals surface area (Å²) in [4.78, 5) is 15.4. The first kappa shape index (κ1) is 15.0. The lowest BCUT2D eigenvalue weighted by atomic mass is 10.1. The van der Waals surface area contributed by atoms with E-state index in [1.807, 2.05) is 13.8 Å². The normalized spacial score (nSPS) is 10.7. The lowest BCUT2D eigenvalue weighted by Gasteiger charge is -2.11. The minimum atomic E-state index is -1.04. The molecule has 5 heteroatoms. The molecule has 2 aromatic rings. The van der Waals surface area contributed by atoms with E-state index in [0.29, 0.717) is 17.0 Å². The maximum atomic E-state index is 13.2. The molecule has 2 rings (SSSR count). The fraction of sp³-hybridized carbons (Fsp3) is 0.250. The molecule has 0 unspecified atom stereocenters. The standard InChI is InChI=1S/C16H16FNO3/c1-9(2)14-7-11(16(19)20)8-15(18-14)21-12-4-5-13(17)10(3)6-12/h4-9H,1-3H3,(H,19,20). The molecule has 21 heavy (non-hydrogen) atoms. The van der Waals surface area contributed by atoms with Crippen LogP contribution in [-0.4, -0.2) is 16.1 Å². The van der Waals surface area contributed by atoms with Gasteiger partial charge in [0.1, 0.15) is 11.6 Å². The van der Waals surface area contributed by atoms with Gasteiger partial charge in [0.15, 0.2) is 0 Å². The summed E-state index contributed by atoms with van der Waals surface area (Å²) in [5, 5.41) is 9.13. The topological polar surface area (TPSA) is 59.4 Å². The molecule has 0 atom stereocenters. The van der Waals surface area contributed by atoms with Crippen molar-refractivity contribution < 1.29 is 19.0 Å². The van der Waals surface area contributed by atoms with E-state index < -0.39 is 5.97 Å². The second-order valence-electron chi connectivity index (χ2n) is 5.09. The van der Waals surface area contributed by atoms with Crippen LogP contribution >= 0.6 is 0 Å². The van der Waals surface area contributed by atoms with Gasteiger partial charge in [-0.15, -0.1) is 0 Å². The maximum absolute atomic E-state index is 13.2. The highest BCUT2D eigenvalue weighted by Gasteiger charge is 2.12. The summed E-state index contributed by atoms with van der Waals surface area (Å²) in [5.74, 6) is -0.693. The van der Waals surface area contributed by atoms with Crippen LogP contribution in [0.3, 0.4) is 0 Å². The van der Waals surface area contributed by atoms with Crippen molar-refractivity contribution in [2.75, 3.05) is 0 Å². The number of ether oxygens (including phenoxy) is 1. The van der Waals surface area contributed by atoms with E-state index in [1.165, 1.54) is 24.3 Å². The average Bonchev–Trinajstić information content (AvgIpc) is 2.42. The van der Waals surface area contributed by atoms with Crippen molar-refractivity contribution >= 4 is 5.97 Å². The molecule has 0 saturated carbocycles. The zero-order chi connectivity index (χ0) is 15.6. The minimum absolute atomic E-state index is 0.0709. The molecule has 110 valence electrons. The molecule has 0 fully saturated rings. The van der Waals surface area contributed by atoms with Crippen molar-refractivity contribution in [3.63, 3.8) is 0 Å². The van der Waals surface area contributed by atoms with Crippen molar-refractivity contribution in [2.45, 2.75) is 26.7 Å². The summed E-state index contributed by atoms with van der Waals surface area (Å²) < 4.78 is 18.8. The van der Waals surface area contributed by atoms with Crippen LogP contribution in [0.2, 0.25) is 0 Å². The lowest BCUT2D eigenvalue weighted by molar-refractivity contribution is 0.0696. The van der Waals surface area contributed by atoms with E-state index in [1.54, 1.807) is 13.0 Å². The molecule has 1 N–H and O–H groups in total. The quantitative estimate of drug-likeness (QED) is 0.918. The number of hydrogen-bond donors (Lipinski definition) is 1. The molecule has 1 aromatic heterocycles. The number of aryl methyl sites for hydroxylation is 1. The van der Waals surface area contributed by atoms with Gasteiger partial charge >= 0.3 is 5.97 Å². The molecule has 0 aliphatic rings. The van der Waals surface area contributed by atoms with Gasteiger partial charge in [-0.05, 0) is 42.7 Å². The molecule has 0 aliphatic heterocycles. The van der Waals surface area contributed by atoms with Crippen LogP contribution in [0.4, 0.5) is 4.39 Å². The largest absolute Gasteiger partial charge is 0.478 e. The molecule has 4 nitrogen and oxygen atoms in total. The van der Waals surface area contributed by atoms with Crippen molar-refractivity contribution in [1.29, 1.82) is 0 Å². The lowest BCUT2D eigenvalue weighted by Crippen LogP contribution is -2.03. The highest BCUT2D eigenvalue weighted by atomic mass is 19.1. The number of carbonyl (C=O) groups is 1. The summed E-state index contributed by atoms with van der Waals surface area (Å²) in [7, 11) is 0. The third kappa shape index (κ3) is 3.56. The number of halogens is 1. The third-order valence-corrected chi connectivity index (χ3v) is 3.01. The fourth-order valence-corrected chi connectivity index (χ4v) is 1.80. The first-order valence-electron chi connectivity index (χ1n) is 6.56. The number of aromatic nitrogens is 1. The highest BCUT2D eigenvalue weighted by molar-refractivity contribution is 5.88. The van der Waals surface area contributed by atoms with Crippen molar-refractivity contribution in [3.05, 3.63) is 53.0 Å². The van der Waals surface area contributed by atoms with Crippen molar-refractivity contribution in [2.24, 2.45) is 0 Å². The van der Waals surface area contributed by atoms with E-state index >= 15 is 0 Å². The van der Waals surface area contributed by atoms with Gasteiger partial charge in [-0.1, -0.05) is 13.8 Å². The van der Waals surface area contributed by atoms with Crippen molar-refractivity contribution in [3.8, 4) is 11.6 Å². The van der Waals surface area contributed by atoms with Crippen LogP contribution in [0.5, 0.6) is 11.6 Å². The van der Waals surface area contributed by atoms with Crippen LogP contribution in [-0.2, 0) is 0 Å². The number of nitrogens with zero attached hydrogens (tertiary/aromatic N) is 1. The number of carboxylic acids is 1. The molecule has 1 aromatic carbocycles. The Bertz CT molecular complexity index is 683. The smallest absolute Gasteiger partial charge is 0.335 e. The Morgan fingerprint density at radius 3 is 2.57 bits per heavy atom. The highest BCUT2D eigenvalue weighted by Crippen LogP contribution is 2.25. The van der Waals surface area contributed by atoms with Gasteiger partial charge in [0.2, 0.25) is 5.88 Å². The Labute approximate surface area is 122 Å². The van der Waals surface area contributed by atoms with E-state index in [0.717, 1.165) is 0 Å². The monoisotopic (exact) mass is 289 g/mol. The molecule has 0 aliphatic carbocycles. The number of benzene rings is 1. The molecule has 0 bridgehead atoms. The second-order valence-corrected chi connectivity index (χ2v) is 5.09. The summed E-state index contributed by atoms with van der Waals surface area (Å²) in [6, 6.07) is 7.20. The fourth-order valence-electron chi connectivity index (χ4n) is 1.80. The number of rotatable bonds is 4. The predicted molar refractivity (Wildman–Crippen MR) is 76.5 cm³/mol. The zero-order valence-corrected chi connectivity index (χ0v) is 12.1. The number of pyridine rings is 1. The van der Waals surface area contributed by atoms with Crippen LogP contribution in [0.15, 0.2) is 30.3 Å². The van der Waals surface area contributed by atoms with Gasteiger partial charge < -0.3 is 9.84 Å². The van der Waals surface area contributed by atoms with Gasteiger partial charge in [0.25, 0.3) is 0 Å². The van der Waals surface area contributed by atoms with E-state index in [4.69, 9.17) is 9.84 Å². The van der Waals surface area contributed by atoms with Crippen LogP contribution in [0, 0.1) is 12.7 Å². The van der Waals surface area contributed by atoms with Gasteiger partial charge in [-0.3, -0.25) is 0 Å². The number of hydrogen-bond acceptors (Lipinski definition) is 3. The molecule has 0 saturated heterocycles. The summed E-state index contributed by atoms with van der Waals surface area (Å²) in [6.45, 7) is 5.46. The summed E-state index contributed by atoms with van der Waals surface area (Å²) in [5.41, 5.74) is 1.19. The first-order valence-corrected chi connectivity index (χ1v) is 6.56. The summed E-state index contributed by atoms with van der Waals surface area (Å²) in [6.07, 6.45) is 0. The Morgan fingerprint density at radius 2 is 2.00 bits per heavy atom. The Balaban J connectivity index is 2.38. The maximum Gasteiger partial charge on any atom is 0.335 e. The van der Waals surface area contributed by atoms with Crippen LogP contribution in [0.25, 0.3) is 0 Å². The van der Waals surface area contributed by atoms with Gasteiger partial charge in [-0.25, -0.2) is 14.2 Å². The molecular formula is C16H16FNO3. The Kier molecular flexibility index (Phi) is 4.21. The Morgan fingerprint density at radius 1 is 1.29 bits per heavy atom. The van der Waals surface area contributed by atoms with Crippen LogP contribution in [0.1, 0.15) is 41.4 Å². The van der Waals surface area contributed by atoms with E-state index in [9.17, 15) is 9.18 Å². The minimum Gasteiger partial charge on any atom is -0.478 e. The van der Waals surface area contributed by atoms with E-state index in [2.05, 4.69) is 4.98 Å². The predicted octanol–water partition coefficient (Wildman–Crippen LogP) is 4.14. The summed E-state index contributed by atoms with van der Waals surface area (Å²) >= 11 is 0. The third-order valence-electron chi connectivity index (χ3n) is 3.01. The molecule has 0 amide bonds. The zero-order valence-electron chi connectivity index (χ0n) is 12.1. The molecule has 0 spiro atoms. The SMILES string of the molecule is Cc1cc(Oc2cc(C(=O)O)cc(C(C)C)n2)ccc1F. The van der Waals surface area contributed by atoms with E-state index in [-0.39, 0.29) is 23.2 Å². The van der Waals surface area contributed by atoms with Crippen LogP contribution < -0.4 is 4.74 Å². The number of carboxylic acid groups (broad SMARTS) is 1. The van der Waals surface area contributed by atoms with Gasteiger partial charge in [0, 0.05) is 11.8 Å².